The normalized spacial score (nSPS) is 21.6. The van der Waals surface area contributed by atoms with Gasteiger partial charge in [0, 0.05) is 28.8 Å². The standard InChI is InChI=1S/C20H22N2O3S2/c1-15-10-12-21(18-8-2-3-9-19(18)26-15)20(23)16-6-4-7-17(14-16)22-11-5-13-27(22,24)25/h2-4,6-9,14-15H,5,10-13H2,1H3/t15-/m1/s1. The van der Waals surface area contributed by atoms with Crippen LogP contribution in [-0.4, -0.2) is 38.4 Å². The summed E-state index contributed by atoms with van der Waals surface area (Å²) in [7, 11) is -3.26. The molecule has 7 heteroatoms. The van der Waals surface area contributed by atoms with E-state index >= 15 is 0 Å². The highest BCUT2D eigenvalue weighted by Crippen LogP contribution is 2.38. The number of thioether (sulfide) groups is 1. The molecule has 1 saturated heterocycles. The van der Waals surface area contributed by atoms with Gasteiger partial charge in [0.2, 0.25) is 10.0 Å². The van der Waals surface area contributed by atoms with Gasteiger partial charge in [-0.15, -0.1) is 11.8 Å². The maximum atomic E-state index is 13.3. The summed E-state index contributed by atoms with van der Waals surface area (Å²) in [5.41, 5.74) is 2.02. The van der Waals surface area contributed by atoms with Crippen LogP contribution in [-0.2, 0) is 10.0 Å². The first kappa shape index (κ1) is 18.4. The molecule has 4 rings (SSSR count). The Hall–Kier alpha value is -1.99. The molecule has 1 fully saturated rings. The number of rotatable bonds is 2. The van der Waals surface area contributed by atoms with E-state index in [1.807, 2.05) is 23.1 Å². The molecule has 0 bridgehead atoms. The number of sulfonamides is 1. The zero-order valence-corrected chi connectivity index (χ0v) is 16.8. The number of carbonyl (C=O) groups excluding carboxylic acids is 1. The second-order valence-electron chi connectivity index (χ2n) is 6.93. The zero-order chi connectivity index (χ0) is 19.0. The van der Waals surface area contributed by atoms with E-state index in [1.54, 1.807) is 36.0 Å². The molecule has 0 saturated carbocycles. The lowest BCUT2D eigenvalue weighted by molar-refractivity contribution is 0.0986. The summed E-state index contributed by atoms with van der Waals surface area (Å²) in [6.07, 6.45) is 1.53. The van der Waals surface area contributed by atoms with Crippen LogP contribution >= 0.6 is 11.8 Å². The number of anilines is 2. The molecule has 27 heavy (non-hydrogen) atoms. The van der Waals surface area contributed by atoms with Gasteiger partial charge >= 0.3 is 0 Å². The summed E-state index contributed by atoms with van der Waals surface area (Å²) >= 11 is 1.79. The van der Waals surface area contributed by atoms with Crippen LogP contribution in [0.25, 0.3) is 0 Å². The topological polar surface area (TPSA) is 57.7 Å². The Morgan fingerprint density at radius 1 is 1.11 bits per heavy atom. The number of nitrogens with zero attached hydrogens (tertiary/aromatic N) is 2. The molecular formula is C20H22N2O3S2. The third-order valence-corrected chi connectivity index (χ3v) is 8.08. The highest BCUT2D eigenvalue weighted by Gasteiger charge is 2.30. The van der Waals surface area contributed by atoms with Crippen LogP contribution in [0, 0.1) is 0 Å². The Kier molecular flexibility index (Phi) is 4.90. The molecule has 1 amide bonds. The molecule has 0 unspecified atom stereocenters. The number of fused-ring (bicyclic) bond motifs is 1. The maximum Gasteiger partial charge on any atom is 0.258 e. The highest BCUT2D eigenvalue weighted by molar-refractivity contribution is 8.00. The van der Waals surface area contributed by atoms with Crippen molar-refractivity contribution in [1.29, 1.82) is 0 Å². The summed E-state index contributed by atoms with van der Waals surface area (Å²) in [6, 6.07) is 15.0. The first-order chi connectivity index (χ1) is 13.0. The molecule has 2 aromatic rings. The van der Waals surface area contributed by atoms with E-state index in [-0.39, 0.29) is 11.7 Å². The lowest BCUT2D eigenvalue weighted by Crippen LogP contribution is -2.32. The third kappa shape index (κ3) is 3.58. The van der Waals surface area contributed by atoms with Crippen LogP contribution in [0.1, 0.15) is 30.1 Å². The van der Waals surface area contributed by atoms with E-state index in [0.717, 1.165) is 17.0 Å². The Labute approximate surface area is 164 Å². The zero-order valence-electron chi connectivity index (χ0n) is 15.2. The SMILES string of the molecule is C[C@@H]1CCN(C(=O)c2cccc(N3CCCS3(=O)=O)c2)c2ccccc2S1. The fourth-order valence-electron chi connectivity index (χ4n) is 3.58. The van der Waals surface area contributed by atoms with Gasteiger partial charge in [-0.1, -0.05) is 25.1 Å². The quantitative estimate of drug-likeness (QED) is 0.768. The second kappa shape index (κ2) is 7.20. The van der Waals surface area contributed by atoms with Crippen molar-refractivity contribution in [3.8, 4) is 0 Å². The highest BCUT2D eigenvalue weighted by atomic mass is 32.2. The first-order valence-corrected chi connectivity index (χ1v) is 11.6. The van der Waals surface area contributed by atoms with E-state index in [2.05, 4.69) is 13.0 Å². The number of benzene rings is 2. The monoisotopic (exact) mass is 402 g/mol. The Morgan fingerprint density at radius 3 is 2.70 bits per heavy atom. The number of hydrogen-bond acceptors (Lipinski definition) is 4. The molecule has 142 valence electrons. The molecule has 0 N–H and O–H groups in total. The smallest absolute Gasteiger partial charge is 0.258 e. The third-order valence-electron chi connectivity index (χ3n) is 4.97. The van der Waals surface area contributed by atoms with Crippen molar-refractivity contribution >= 4 is 39.1 Å². The van der Waals surface area contributed by atoms with Gasteiger partial charge in [-0.25, -0.2) is 8.42 Å². The largest absolute Gasteiger partial charge is 0.307 e. The van der Waals surface area contributed by atoms with Crippen molar-refractivity contribution in [3.05, 3.63) is 54.1 Å². The fourth-order valence-corrected chi connectivity index (χ4v) is 6.25. The van der Waals surface area contributed by atoms with Gasteiger partial charge in [0.25, 0.3) is 5.91 Å². The molecule has 1 atom stereocenters. The van der Waals surface area contributed by atoms with Gasteiger partial charge in [0.15, 0.2) is 0 Å². The molecule has 0 aromatic heterocycles. The minimum absolute atomic E-state index is 0.0874. The molecule has 0 aliphatic carbocycles. The molecule has 2 aliphatic heterocycles. The van der Waals surface area contributed by atoms with Crippen molar-refractivity contribution in [2.45, 2.75) is 29.9 Å². The van der Waals surface area contributed by atoms with Crippen molar-refractivity contribution in [2.75, 3.05) is 28.0 Å². The van der Waals surface area contributed by atoms with Gasteiger partial charge in [0.05, 0.1) is 17.1 Å². The summed E-state index contributed by atoms with van der Waals surface area (Å²) in [4.78, 5) is 16.2. The summed E-state index contributed by atoms with van der Waals surface area (Å²) < 4.78 is 25.9. The van der Waals surface area contributed by atoms with Gasteiger partial charge in [-0.2, -0.15) is 0 Å². The summed E-state index contributed by atoms with van der Waals surface area (Å²) in [5, 5.41) is 0.435. The number of carbonyl (C=O) groups is 1. The molecule has 2 aromatic carbocycles. The average Bonchev–Trinajstić information content (AvgIpc) is 2.92. The number of para-hydroxylation sites is 1. The van der Waals surface area contributed by atoms with Crippen molar-refractivity contribution < 1.29 is 13.2 Å². The fraction of sp³-hybridized carbons (Fsp3) is 0.350. The molecule has 0 spiro atoms. The molecule has 2 heterocycles. The Balaban J connectivity index is 1.68. The molecule has 5 nitrogen and oxygen atoms in total. The van der Waals surface area contributed by atoms with E-state index in [9.17, 15) is 13.2 Å². The van der Waals surface area contributed by atoms with E-state index in [1.165, 1.54) is 4.31 Å². The van der Waals surface area contributed by atoms with Gasteiger partial charge in [0.1, 0.15) is 0 Å². The van der Waals surface area contributed by atoms with Crippen LogP contribution in [0.5, 0.6) is 0 Å². The predicted octanol–water partition coefficient (Wildman–Crippen LogP) is 3.76. The van der Waals surface area contributed by atoms with Crippen LogP contribution in [0.15, 0.2) is 53.4 Å². The molecule has 2 aliphatic rings. The van der Waals surface area contributed by atoms with Gasteiger partial charge < -0.3 is 4.90 Å². The molecule has 0 radical (unpaired) electrons. The van der Waals surface area contributed by atoms with Crippen LogP contribution < -0.4 is 9.21 Å². The minimum atomic E-state index is -3.26. The maximum absolute atomic E-state index is 13.3. The van der Waals surface area contributed by atoms with Crippen LogP contribution in [0.4, 0.5) is 11.4 Å². The van der Waals surface area contributed by atoms with Gasteiger partial charge in [-0.05, 0) is 43.2 Å². The van der Waals surface area contributed by atoms with Crippen molar-refractivity contribution in [1.82, 2.24) is 0 Å². The second-order valence-corrected chi connectivity index (χ2v) is 10.4. The van der Waals surface area contributed by atoms with Crippen LogP contribution in [0.3, 0.4) is 0 Å². The lowest BCUT2D eigenvalue weighted by atomic mass is 10.1. The van der Waals surface area contributed by atoms with Gasteiger partial charge in [-0.3, -0.25) is 9.10 Å². The minimum Gasteiger partial charge on any atom is -0.307 e. The number of amides is 1. The lowest BCUT2D eigenvalue weighted by Gasteiger charge is -2.23. The van der Waals surface area contributed by atoms with Crippen LogP contribution in [0.2, 0.25) is 0 Å². The molecular weight excluding hydrogens is 380 g/mol. The summed E-state index contributed by atoms with van der Waals surface area (Å²) in [5.74, 6) is 0.0790. The number of hydrogen-bond donors (Lipinski definition) is 0. The van der Waals surface area contributed by atoms with Crippen molar-refractivity contribution in [3.63, 3.8) is 0 Å². The first-order valence-electron chi connectivity index (χ1n) is 9.14. The Morgan fingerprint density at radius 2 is 1.93 bits per heavy atom. The summed E-state index contributed by atoms with van der Waals surface area (Å²) in [6.45, 7) is 3.30. The predicted molar refractivity (Wildman–Crippen MR) is 110 cm³/mol. The van der Waals surface area contributed by atoms with E-state index in [4.69, 9.17) is 0 Å². The van der Waals surface area contributed by atoms with E-state index in [0.29, 0.717) is 36.0 Å². The Bertz CT molecular complexity index is 975. The van der Waals surface area contributed by atoms with Crippen molar-refractivity contribution in [2.24, 2.45) is 0 Å². The average molecular weight is 403 g/mol. The van der Waals surface area contributed by atoms with E-state index < -0.39 is 10.0 Å².